The molecule has 0 spiro atoms. The van der Waals surface area contributed by atoms with Crippen LogP contribution in [0.25, 0.3) is 0 Å². The Labute approximate surface area is 57.5 Å². The summed E-state index contributed by atoms with van der Waals surface area (Å²) < 4.78 is 0. The number of hydrogen-bond acceptors (Lipinski definition) is 2. The fraction of sp³-hybridized carbons (Fsp3) is 0.167. The molecule has 0 aromatic carbocycles. The van der Waals surface area contributed by atoms with E-state index in [1.54, 1.807) is 6.07 Å². The number of anilines is 1. The third-order valence-corrected chi connectivity index (χ3v) is 1.41. The van der Waals surface area contributed by atoms with Crippen LogP contribution in [0.4, 0.5) is 5.69 Å². The fourth-order valence-corrected chi connectivity index (χ4v) is 1.01. The molecule has 1 heterocycles. The molecule has 2 nitrogen and oxygen atoms in total. The quantitative estimate of drug-likeness (QED) is 0.629. The predicted molar refractivity (Wildman–Crippen MR) is 37.5 cm³/mol. The highest BCUT2D eigenvalue weighted by molar-refractivity contribution is 7.07. The average molecular weight is 140 g/mol. The second kappa shape index (κ2) is 2.64. The molecular formula is C6H6NOS. The summed E-state index contributed by atoms with van der Waals surface area (Å²) in [5.74, 6) is -0.0400. The first-order valence-corrected chi connectivity index (χ1v) is 3.39. The number of carbonyl (C=O) groups excluding carboxylic acids is 1. The molecule has 0 fully saturated rings. The summed E-state index contributed by atoms with van der Waals surface area (Å²) in [5.41, 5.74) is 0.826. The van der Waals surface area contributed by atoms with Gasteiger partial charge in [0.25, 0.3) is 0 Å². The van der Waals surface area contributed by atoms with E-state index in [-0.39, 0.29) is 5.91 Å². The number of hydrogen-bond donors (Lipinski definition) is 1. The Morgan fingerprint density at radius 1 is 1.89 bits per heavy atom. The maximum Gasteiger partial charge on any atom is 0.221 e. The summed E-state index contributed by atoms with van der Waals surface area (Å²) in [6.07, 6.45) is 0. The summed E-state index contributed by atoms with van der Waals surface area (Å²) in [6.45, 7) is 1.48. The zero-order valence-electron chi connectivity index (χ0n) is 4.97. The van der Waals surface area contributed by atoms with Crippen molar-refractivity contribution in [2.24, 2.45) is 0 Å². The molecule has 0 aliphatic rings. The van der Waals surface area contributed by atoms with Crippen molar-refractivity contribution in [1.82, 2.24) is 0 Å². The van der Waals surface area contributed by atoms with Crippen molar-refractivity contribution in [1.29, 1.82) is 0 Å². The Balaban J connectivity index is 2.58. The van der Waals surface area contributed by atoms with Crippen molar-refractivity contribution in [3.8, 4) is 0 Å². The molecule has 0 atom stereocenters. The van der Waals surface area contributed by atoms with Crippen LogP contribution in [0, 0.1) is 5.38 Å². The van der Waals surface area contributed by atoms with Crippen LogP contribution in [0.2, 0.25) is 0 Å². The smallest absolute Gasteiger partial charge is 0.221 e. The molecule has 47 valence electrons. The molecule has 0 aliphatic heterocycles. The SMILES string of the molecule is CC(=O)Nc1c[c]sc1. The molecule has 1 radical (unpaired) electrons. The van der Waals surface area contributed by atoms with E-state index >= 15 is 0 Å². The van der Waals surface area contributed by atoms with Crippen LogP contribution in [0.15, 0.2) is 11.4 Å². The number of amides is 1. The van der Waals surface area contributed by atoms with Crippen LogP contribution in [0.5, 0.6) is 0 Å². The van der Waals surface area contributed by atoms with Gasteiger partial charge < -0.3 is 5.32 Å². The van der Waals surface area contributed by atoms with E-state index in [1.807, 2.05) is 5.38 Å². The first-order chi connectivity index (χ1) is 4.29. The van der Waals surface area contributed by atoms with Gasteiger partial charge in [0.05, 0.1) is 5.69 Å². The van der Waals surface area contributed by atoms with Crippen molar-refractivity contribution < 1.29 is 4.79 Å². The predicted octanol–water partition coefficient (Wildman–Crippen LogP) is 1.51. The summed E-state index contributed by atoms with van der Waals surface area (Å²) in [6, 6.07) is 1.74. The van der Waals surface area contributed by atoms with Gasteiger partial charge in [0, 0.05) is 17.7 Å². The van der Waals surface area contributed by atoms with Crippen molar-refractivity contribution >= 4 is 22.9 Å². The maximum atomic E-state index is 10.4. The van der Waals surface area contributed by atoms with Gasteiger partial charge in [-0.15, -0.1) is 11.3 Å². The van der Waals surface area contributed by atoms with E-state index in [0.29, 0.717) is 0 Å². The lowest BCUT2D eigenvalue weighted by molar-refractivity contribution is -0.114. The molecule has 0 aliphatic carbocycles. The monoisotopic (exact) mass is 140 g/mol. The Morgan fingerprint density at radius 3 is 3.11 bits per heavy atom. The van der Waals surface area contributed by atoms with Gasteiger partial charge in [0.15, 0.2) is 0 Å². The van der Waals surface area contributed by atoms with E-state index in [2.05, 4.69) is 10.7 Å². The summed E-state index contributed by atoms with van der Waals surface area (Å²) in [7, 11) is 0. The number of thiophene rings is 1. The lowest BCUT2D eigenvalue weighted by atomic mass is 10.5. The zero-order chi connectivity index (χ0) is 6.69. The van der Waals surface area contributed by atoms with E-state index in [9.17, 15) is 4.79 Å². The van der Waals surface area contributed by atoms with Gasteiger partial charge in [0.1, 0.15) is 0 Å². The van der Waals surface area contributed by atoms with E-state index < -0.39 is 0 Å². The van der Waals surface area contributed by atoms with Crippen LogP contribution < -0.4 is 5.32 Å². The standard InChI is InChI=1S/C6H6NOS/c1-5(8)7-6-2-3-9-4-6/h2,4H,1H3,(H,7,8). The first kappa shape index (κ1) is 6.29. The van der Waals surface area contributed by atoms with Crippen LogP contribution in [0.3, 0.4) is 0 Å². The molecule has 3 heteroatoms. The number of nitrogens with one attached hydrogen (secondary N) is 1. The van der Waals surface area contributed by atoms with Crippen molar-refractivity contribution in [3.63, 3.8) is 0 Å². The van der Waals surface area contributed by atoms with Crippen molar-refractivity contribution in [3.05, 3.63) is 16.8 Å². The van der Waals surface area contributed by atoms with Gasteiger partial charge in [-0.25, -0.2) is 0 Å². The van der Waals surface area contributed by atoms with Gasteiger partial charge in [0.2, 0.25) is 5.91 Å². The van der Waals surface area contributed by atoms with E-state index in [0.717, 1.165) is 5.69 Å². The summed E-state index contributed by atoms with van der Waals surface area (Å²) >= 11 is 1.44. The average Bonchev–Trinajstić information content (AvgIpc) is 2.15. The minimum absolute atomic E-state index is 0.0400. The van der Waals surface area contributed by atoms with Gasteiger partial charge in [-0.3, -0.25) is 4.79 Å². The Hall–Kier alpha value is -0.830. The topological polar surface area (TPSA) is 29.1 Å². The maximum absolute atomic E-state index is 10.4. The Morgan fingerprint density at radius 2 is 2.67 bits per heavy atom. The zero-order valence-corrected chi connectivity index (χ0v) is 5.79. The highest BCUT2D eigenvalue weighted by atomic mass is 32.1. The molecule has 0 saturated carbocycles. The second-order valence-electron chi connectivity index (χ2n) is 1.63. The van der Waals surface area contributed by atoms with Crippen LogP contribution in [0.1, 0.15) is 6.92 Å². The van der Waals surface area contributed by atoms with Gasteiger partial charge in [-0.1, -0.05) is 0 Å². The Kier molecular flexibility index (Phi) is 1.85. The largest absolute Gasteiger partial charge is 0.326 e. The highest BCUT2D eigenvalue weighted by Crippen LogP contribution is 2.09. The normalized spacial score (nSPS) is 9.00. The third-order valence-electron chi connectivity index (χ3n) is 0.789. The molecule has 1 rings (SSSR count). The van der Waals surface area contributed by atoms with Gasteiger partial charge in [-0.2, -0.15) is 0 Å². The lowest BCUT2D eigenvalue weighted by Crippen LogP contribution is -2.03. The molecule has 1 aromatic rings. The second-order valence-corrected chi connectivity index (χ2v) is 2.34. The summed E-state index contributed by atoms with van der Waals surface area (Å²) in [4.78, 5) is 10.4. The van der Waals surface area contributed by atoms with Gasteiger partial charge >= 0.3 is 0 Å². The Bertz CT molecular complexity index is 193. The number of carbonyl (C=O) groups is 1. The van der Waals surface area contributed by atoms with Gasteiger partial charge in [-0.05, 0) is 6.07 Å². The lowest BCUT2D eigenvalue weighted by Gasteiger charge is -1.92. The molecule has 0 saturated heterocycles. The number of rotatable bonds is 1. The highest BCUT2D eigenvalue weighted by Gasteiger charge is 1.92. The summed E-state index contributed by atoms with van der Waals surface area (Å²) in [5, 5.41) is 7.32. The molecule has 0 unspecified atom stereocenters. The molecule has 0 bridgehead atoms. The fourth-order valence-electron chi connectivity index (χ4n) is 0.498. The molecule has 1 N–H and O–H groups in total. The van der Waals surface area contributed by atoms with Crippen molar-refractivity contribution in [2.45, 2.75) is 6.92 Å². The van der Waals surface area contributed by atoms with Crippen molar-refractivity contribution in [2.75, 3.05) is 5.32 Å². The van der Waals surface area contributed by atoms with E-state index in [4.69, 9.17) is 0 Å². The van der Waals surface area contributed by atoms with Crippen LogP contribution >= 0.6 is 11.3 Å². The molecular weight excluding hydrogens is 134 g/mol. The minimum Gasteiger partial charge on any atom is -0.326 e. The molecule has 9 heavy (non-hydrogen) atoms. The molecule has 1 amide bonds. The minimum atomic E-state index is -0.0400. The third kappa shape index (κ3) is 1.85. The van der Waals surface area contributed by atoms with Crippen LogP contribution in [-0.2, 0) is 4.79 Å². The first-order valence-electron chi connectivity index (χ1n) is 2.51. The van der Waals surface area contributed by atoms with E-state index in [1.165, 1.54) is 18.3 Å². The molecule has 1 aromatic heterocycles. The van der Waals surface area contributed by atoms with Crippen LogP contribution in [-0.4, -0.2) is 5.91 Å².